The van der Waals surface area contributed by atoms with Crippen LogP contribution in [0, 0.1) is 13.8 Å². The number of aromatic nitrogens is 1. The van der Waals surface area contributed by atoms with E-state index in [1.807, 2.05) is 33.8 Å². The monoisotopic (exact) mass is 431 g/mol. The molecule has 170 valence electrons. The van der Waals surface area contributed by atoms with Crippen LogP contribution in [-0.4, -0.2) is 36.7 Å². The number of hydrogen-bond acceptors (Lipinski definition) is 3. The molecule has 0 saturated carbocycles. The molecule has 2 heterocycles. The molecule has 4 heteroatoms. The first kappa shape index (κ1) is 25.1. The lowest BCUT2D eigenvalue weighted by molar-refractivity contribution is 0.101. The molecule has 0 spiro atoms. The molecule has 0 unspecified atom stereocenters. The molecule has 0 N–H and O–H groups in total. The van der Waals surface area contributed by atoms with E-state index < -0.39 is 0 Å². The molecule has 32 heavy (non-hydrogen) atoms. The summed E-state index contributed by atoms with van der Waals surface area (Å²) in [7, 11) is 1.74. The Balaban J connectivity index is 0.000000344. The number of carbonyl (C=O) groups is 1. The van der Waals surface area contributed by atoms with Gasteiger partial charge in [-0.3, -0.25) is 9.79 Å². The largest absolute Gasteiger partial charge is 0.371 e. The maximum absolute atomic E-state index is 12.1. The number of benzene rings is 1. The second-order valence-corrected chi connectivity index (χ2v) is 8.31. The molecule has 1 aromatic carbocycles. The Bertz CT molecular complexity index is 1060. The minimum Gasteiger partial charge on any atom is -0.371 e. The number of rotatable bonds is 6. The molecule has 2 aromatic rings. The van der Waals surface area contributed by atoms with Gasteiger partial charge in [0.05, 0.1) is 0 Å². The minimum absolute atomic E-state index is 0.0816. The molecular weight excluding hydrogens is 394 g/mol. The zero-order valence-electron chi connectivity index (χ0n) is 20.7. The van der Waals surface area contributed by atoms with E-state index in [0.29, 0.717) is 0 Å². The summed E-state index contributed by atoms with van der Waals surface area (Å²) in [6.07, 6.45) is 9.18. The van der Waals surface area contributed by atoms with Gasteiger partial charge in [-0.2, -0.15) is 0 Å². The topological polar surface area (TPSA) is 37.6 Å². The van der Waals surface area contributed by atoms with E-state index in [0.717, 1.165) is 46.9 Å². The van der Waals surface area contributed by atoms with Gasteiger partial charge < -0.3 is 9.47 Å². The summed E-state index contributed by atoms with van der Waals surface area (Å²) < 4.78 is 2.16. The van der Waals surface area contributed by atoms with Gasteiger partial charge in [0.25, 0.3) is 0 Å². The number of ketones is 1. The third kappa shape index (κ3) is 5.97. The van der Waals surface area contributed by atoms with Crippen LogP contribution in [-0.2, 0) is 0 Å². The quantitative estimate of drug-likeness (QED) is 0.292. The van der Waals surface area contributed by atoms with Gasteiger partial charge in [0.1, 0.15) is 0 Å². The van der Waals surface area contributed by atoms with Gasteiger partial charge >= 0.3 is 0 Å². The predicted molar refractivity (Wildman–Crippen MR) is 139 cm³/mol. The first-order valence-electron chi connectivity index (χ1n) is 11.2. The van der Waals surface area contributed by atoms with Crippen molar-refractivity contribution in [3.63, 3.8) is 0 Å². The van der Waals surface area contributed by atoms with Crippen LogP contribution in [0.25, 0.3) is 5.69 Å². The highest BCUT2D eigenvalue weighted by Gasteiger charge is 2.21. The Morgan fingerprint density at radius 2 is 1.72 bits per heavy atom. The molecular formula is C28H37N3O. The number of allylic oxidation sites excluding steroid dienone is 5. The van der Waals surface area contributed by atoms with Crippen molar-refractivity contribution >= 4 is 17.7 Å². The number of carbonyl (C=O) groups excluding carboxylic acids is 1. The first-order valence-corrected chi connectivity index (χ1v) is 11.2. The van der Waals surface area contributed by atoms with Crippen LogP contribution < -0.4 is 4.90 Å². The molecule has 0 atom stereocenters. The number of hydrogen-bond donors (Lipinski definition) is 0. The molecule has 1 aliphatic heterocycles. The summed E-state index contributed by atoms with van der Waals surface area (Å²) >= 11 is 0. The summed E-state index contributed by atoms with van der Waals surface area (Å²) in [5.41, 5.74) is 8.44. The van der Waals surface area contributed by atoms with E-state index in [1.54, 1.807) is 20.2 Å². The smallest absolute Gasteiger partial charge is 0.162 e. The standard InChI is InChI=1S/C19H23N3O.C9H14/c1-13-18(12-20-4)19(15(3)23)14(2)22(13)17-8-5-7-16(11-17)21-9-6-10-21;1-5-9(4)7-6-8(2)3/h5,7-8,11-12H,6,9-10H2,1-4H3;5-7H,2H2,1,3-4H3/b;7-6-,9-5-. The summed E-state index contributed by atoms with van der Waals surface area (Å²) in [5.74, 6) is 0.0816. The van der Waals surface area contributed by atoms with E-state index in [2.05, 4.69) is 64.4 Å². The summed E-state index contributed by atoms with van der Waals surface area (Å²) in [6, 6.07) is 8.54. The van der Waals surface area contributed by atoms with Crippen molar-refractivity contribution in [3.05, 3.63) is 82.7 Å². The van der Waals surface area contributed by atoms with Gasteiger partial charge in [-0.1, -0.05) is 42.0 Å². The van der Waals surface area contributed by atoms with Gasteiger partial charge in [-0.25, -0.2) is 0 Å². The highest BCUT2D eigenvalue weighted by molar-refractivity contribution is 6.04. The number of nitrogens with zero attached hydrogens (tertiary/aromatic N) is 3. The Kier molecular flexibility index (Phi) is 9.01. The van der Waals surface area contributed by atoms with Crippen LogP contribution in [0.15, 0.2) is 65.2 Å². The second kappa shape index (κ2) is 11.5. The third-order valence-corrected chi connectivity index (χ3v) is 5.70. The fourth-order valence-electron chi connectivity index (χ4n) is 3.75. The van der Waals surface area contributed by atoms with Gasteiger partial charge in [-0.05, 0) is 66.2 Å². The zero-order valence-corrected chi connectivity index (χ0v) is 20.7. The third-order valence-electron chi connectivity index (χ3n) is 5.70. The van der Waals surface area contributed by atoms with Crippen LogP contribution in [0.1, 0.15) is 61.4 Å². The maximum Gasteiger partial charge on any atom is 0.162 e. The average molecular weight is 432 g/mol. The Morgan fingerprint density at radius 1 is 1.06 bits per heavy atom. The van der Waals surface area contributed by atoms with Crippen molar-refractivity contribution < 1.29 is 4.79 Å². The number of anilines is 1. The van der Waals surface area contributed by atoms with Crippen molar-refractivity contribution in [2.45, 2.75) is 48.0 Å². The molecule has 1 aromatic heterocycles. The summed E-state index contributed by atoms with van der Waals surface area (Å²) in [6.45, 7) is 17.8. The Labute approximate surface area is 193 Å². The van der Waals surface area contributed by atoms with Crippen molar-refractivity contribution in [2.75, 3.05) is 25.0 Å². The molecule has 0 bridgehead atoms. The molecule has 1 aliphatic rings. The highest BCUT2D eigenvalue weighted by atomic mass is 16.1. The second-order valence-electron chi connectivity index (χ2n) is 8.31. The fraction of sp³-hybridized carbons (Fsp3) is 0.357. The molecule has 0 aliphatic carbocycles. The number of Topliss-reactive ketones (excluding diaryl/α,β-unsaturated/α-hetero) is 1. The molecule has 1 fully saturated rings. The minimum atomic E-state index is 0.0816. The van der Waals surface area contributed by atoms with E-state index in [-0.39, 0.29) is 5.78 Å². The van der Waals surface area contributed by atoms with E-state index in [1.165, 1.54) is 17.7 Å². The van der Waals surface area contributed by atoms with Crippen LogP contribution in [0.4, 0.5) is 5.69 Å². The van der Waals surface area contributed by atoms with E-state index >= 15 is 0 Å². The number of aliphatic imine (C=N–C) groups is 1. The zero-order chi connectivity index (χ0) is 23.8. The fourth-order valence-corrected chi connectivity index (χ4v) is 3.75. The van der Waals surface area contributed by atoms with Crippen LogP contribution in [0.2, 0.25) is 0 Å². The van der Waals surface area contributed by atoms with Gasteiger partial charge in [-0.15, -0.1) is 0 Å². The van der Waals surface area contributed by atoms with Crippen molar-refractivity contribution in [1.29, 1.82) is 0 Å². The Hall–Kier alpha value is -3.14. The SMILES string of the molecule is C=C(C)/C=C\C(C)=C/C.CN=Cc1c(C(C)=O)c(C)n(-c2cccc(N3CCC3)c2)c1C. The lowest BCUT2D eigenvalue weighted by atomic mass is 10.1. The van der Waals surface area contributed by atoms with Crippen LogP contribution in [0.5, 0.6) is 0 Å². The molecule has 3 rings (SSSR count). The van der Waals surface area contributed by atoms with Crippen molar-refractivity contribution in [2.24, 2.45) is 4.99 Å². The average Bonchev–Trinajstić information content (AvgIpc) is 2.95. The van der Waals surface area contributed by atoms with Crippen molar-refractivity contribution in [3.8, 4) is 5.69 Å². The summed E-state index contributed by atoms with van der Waals surface area (Å²) in [5, 5.41) is 0. The molecule has 1 saturated heterocycles. The molecule has 4 nitrogen and oxygen atoms in total. The lowest BCUT2D eigenvalue weighted by Gasteiger charge is -2.33. The van der Waals surface area contributed by atoms with E-state index in [4.69, 9.17) is 0 Å². The summed E-state index contributed by atoms with van der Waals surface area (Å²) in [4.78, 5) is 18.6. The van der Waals surface area contributed by atoms with Gasteiger partial charge in [0.2, 0.25) is 0 Å². The highest BCUT2D eigenvalue weighted by Crippen LogP contribution is 2.29. The van der Waals surface area contributed by atoms with Crippen LogP contribution in [0.3, 0.4) is 0 Å². The first-order chi connectivity index (χ1) is 15.2. The van der Waals surface area contributed by atoms with Crippen LogP contribution >= 0.6 is 0 Å². The van der Waals surface area contributed by atoms with E-state index in [9.17, 15) is 4.79 Å². The Morgan fingerprint density at radius 3 is 2.22 bits per heavy atom. The van der Waals surface area contributed by atoms with Gasteiger partial charge in [0.15, 0.2) is 5.78 Å². The normalized spacial score (nSPS) is 13.8. The maximum atomic E-state index is 12.1. The molecule has 0 amide bonds. The lowest BCUT2D eigenvalue weighted by Crippen LogP contribution is -2.36. The van der Waals surface area contributed by atoms with Crippen molar-refractivity contribution in [1.82, 2.24) is 4.57 Å². The predicted octanol–water partition coefficient (Wildman–Crippen LogP) is 6.64. The van der Waals surface area contributed by atoms with Gasteiger partial charge in [0, 0.05) is 60.2 Å². The molecule has 0 radical (unpaired) electrons.